The van der Waals surface area contributed by atoms with Gasteiger partial charge in [-0.25, -0.2) is 0 Å². The lowest BCUT2D eigenvalue weighted by Crippen LogP contribution is -2.41. The van der Waals surface area contributed by atoms with Gasteiger partial charge >= 0.3 is 0 Å². The Morgan fingerprint density at radius 1 is 1.33 bits per heavy atom. The third-order valence-corrected chi connectivity index (χ3v) is 4.13. The second-order valence-corrected chi connectivity index (χ2v) is 5.66. The van der Waals surface area contributed by atoms with Gasteiger partial charge in [0.2, 0.25) is 12.7 Å². The summed E-state index contributed by atoms with van der Waals surface area (Å²) in [5.41, 5.74) is 1.08. The van der Waals surface area contributed by atoms with Crippen LogP contribution in [0, 0.1) is 0 Å². The van der Waals surface area contributed by atoms with E-state index in [2.05, 4.69) is 15.9 Å². The predicted molar refractivity (Wildman–Crippen MR) is 69.9 cm³/mol. The number of benzene rings is 1. The van der Waals surface area contributed by atoms with Crippen molar-refractivity contribution in [3.05, 3.63) is 23.8 Å². The minimum absolute atomic E-state index is 0.0275. The quantitative estimate of drug-likeness (QED) is 0.787. The molecule has 0 N–H and O–H groups in total. The van der Waals surface area contributed by atoms with Crippen LogP contribution in [0.25, 0.3) is 0 Å². The third kappa shape index (κ3) is 2.19. The maximum absolute atomic E-state index is 12.0. The van der Waals surface area contributed by atoms with Crippen LogP contribution < -0.4 is 9.47 Å². The number of likely N-dealkylation sites (tertiary alicyclic amines) is 1. The van der Waals surface area contributed by atoms with Crippen molar-refractivity contribution in [3.63, 3.8) is 0 Å². The number of rotatable bonds is 2. The number of fused-ring (bicyclic) bond motifs is 1. The molecule has 1 unspecified atom stereocenters. The number of amides is 1. The second-order valence-electron chi connectivity index (χ2n) is 4.56. The van der Waals surface area contributed by atoms with Gasteiger partial charge < -0.3 is 14.4 Å². The summed E-state index contributed by atoms with van der Waals surface area (Å²) in [6.07, 6.45) is 1.97. The highest BCUT2D eigenvalue weighted by atomic mass is 79.9. The molecule has 5 heteroatoms. The second kappa shape index (κ2) is 4.80. The van der Waals surface area contributed by atoms with Crippen LogP contribution in [0.15, 0.2) is 18.2 Å². The molecule has 2 heterocycles. The number of ether oxygens (including phenoxy) is 2. The number of hydrogen-bond acceptors (Lipinski definition) is 3. The van der Waals surface area contributed by atoms with E-state index < -0.39 is 0 Å². The Bertz CT molecular complexity index is 477. The van der Waals surface area contributed by atoms with E-state index in [4.69, 9.17) is 9.47 Å². The van der Waals surface area contributed by atoms with Gasteiger partial charge in [-0.15, -0.1) is 0 Å². The molecule has 0 radical (unpaired) electrons. The molecule has 1 saturated heterocycles. The molecule has 0 saturated carbocycles. The van der Waals surface area contributed by atoms with Gasteiger partial charge in [0.15, 0.2) is 11.5 Å². The molecule has 3 rings (SSSR count). The van der Waals surface area contributed by atoms with E-state index in [0.29, 0.717) is 6.54 Å². The van der Waals surface area contributed by atoms with Crippen LogP contribution in [-0.2, 0) is 11.3 Å². The van der Waals surface area contributed by atoms with Crippen LogP contribution in [0.5, 0.6) is 11.5 Å². The first-order valence-corrected chi connectivity index (χ1v) is 6.97. The van der Waals surface area contributed by atoms with E-state index in [1.54, 1.807) is 0 Å². The fourth-order valence-electron chi connectivity index (χ4n) is 2.31. The van der Waals surface area contributed by atoms with Gasteiger partial charge in [-0.3, -0.25) is 4.79 Å². The zero-order chi connectivity index (χ0) is 12.5. The highest BCUT2D eigenvalue weighted by Crippen LogP contribution is 2.33. The van der Waals surface area contributed by atoms with Crippen molar-refractivity contribution in [2.75, 3.05) is 13.3 Å². The Morgan fingerprint density at radius 2 is 2.17 bits per heavy atom. The van der Waals surface area contributed by atoms with Gasteiger partial charge in [-0.1, -0.05) is 22.0 Å². The fraction of sp³-hybridized carbons (Fsp3) is 0.462. The summed E-state index contributed by atoms with van der Waals surface area (Å²) >= 11 is 3.42. The fourth-order valence-corrected chi connectivity index (χ4v) is 2.92. The standard InChI is InChI=1S/C13H14BrNO3/c14-10-2-1-5-15(13(10)16)7-9-3-4-11-12(6-9)18-8-17-11/h3-4,6,10H,1-2,5,7-8H2. The van der Waals surface area contributed by atoms with Gasteiger partial charge in [0.05, 0.1) is 4.83 Å². The van der Waals surface area contributed by atoms with Crippen molar-refractivity contribution < 1.29 is 14.3 Å². The molecule has 1 fully saturated rings. The molecule has 1 aromatic carbocycles. The summed E-state index contributed by atoms with van der Waals surface area (Å²) in [5.74, 6) is 1.73. The van der Waals surface area contributed by atoms with Crippen LogP contribution >= 0.6 is 15.9 Å². The highest BCUT2D eigenvalue weighted by molar-refractivity contribution is 9.10. The topological polar surface area (TPSA) is 38.8 Å². The van der Waals surface area contributed by atoms with Crippen LogP contribution in [0.1, 0.15) is 18.4 Å². The average molecular weight is 312 g/mol. The minimum atomic E-state index is -0.0275. The molecule has 2 aliphatic rings. The molecule has 18 heavy (non-hydrogen) atoms. The molecule has 0 spiro atoms. The van der Waals surface area contributed by atoms with Gasteiger partial charge in [-0.05, 0) is 30.5 Å². The van der Waals surface area contributed by atoms with Crippen molar-refractivity contribution in [3.8, 4) is 11.5 Å². The van der Waals surface area contributed by atoms with Gasteiger partial charge in [0.1, 0.15) is 0 Å². The van der Waals surface area contributed by atoms with Crippen LogP contribution in [0.3, 0.4) is 0 Å². The number of halogens is 1. The van der Waals surface area contributed by atoms with Crippen LogP contribution in [-0.4, -0.2) is 29.0 Å². The summed E-state index contributed by atoms with van der Waals surface area (Å²) in [6, 6.07) is 5.84. The first kappa shape index (κ1) is 11.8. The first-order valence-electron chi connectivity index (χ1n) is 6.05. The smallest absolute Gasteiger partial charge is 0.236 e. The highest BCUT2D eigenvalue weighted by Gasteiger charge is 2.26. The molecular weight excluding hydrogens is 298 g/mol. The number of hydrogen-bond donors (Lipinski definition) is 0. The molecule has 0 aliphatic carbocycles. The maximum atomic E-state index is 12.0. The largest absolute Gasteiger partial charge is 0.454 e. The molecule has 0 aromatic heterocycles. The van der Waals surface area contributed by atoms with Crippen molar-refractivity contribution in [1.29, 1.82) is 0 Å². The Hall–Kier alpha value is -1.23. The van der Waals surface area contributed by atoms with Crippen molar-refractivity contribution in [1.82, 2.24) is 4.90 Å². The van der Waals surface area contributed by atoms with E-state index >= 15 is 0 Å². The molecule has 1 atom stereocenters. The van der Waals surface area contributed by atoms with E-state index in [0.717, 1.165) is 36.4 Å². The molecule has 4 nitrogen and oxygen atoms in total. The summed E-state index contributed by atoms with van der Waals surface area (Å²) < 4.78 is 10.6. The molecule has 2 aliphatic heterocycles. The van der Waals surface area contributed by atoms with E-state index in [-0.39, 0.29) is 17.5 Å². The molecular formula is C13H14BrNO3. The number of nitrogens with zero attached hydrogens (tertiary/aromatic N) is 1. The van der Waals surface area contributed by atoms with Gasteiger partial charge in [0.25, 0.3) is 0 Å². The first-order chi connectivity index (χ1) is 8.74. The molecule has 0 bridgehead atoms. The number of piperidine rings is 1. The predicted octanol–water partition coefficient (Wildman–Crippen LogP) is 2.30. The Kier molecular flexibility index (Phi) is 3.16. The lowest BCUT2D eigenvalue weighted by atomic mass is 10.1. The SMILES string of the molecule is O=C1C(Br)CCCN1Cc1ccc2c(c1)OCO2. The zero-order valence-electron chi connectivity index (χ0n) is 9.89. The number of alkyl halides is 1. The van der Waals surface area contributed by atoms with Gasteiger partial charge in [0, 0.05) is 13.1 Å². The summed E-state index contributed by atoms with van der Waals surface area (Å²) in [4.78, 5) is 13.8. The van der Waals surface area contributed by atoms with Crippen LogP contribution in [0.4, 0.5) is 0 Å². The van der Waals surface area contributed by atoms with Crippen molar-refractivity contribution in [2.45, 2.75) is 24.2 Å². The maximum Gasteiger partial charge on any atom is 0.236 e. The van der Waals surface area contributed by atoms with E-state index in [1.807, 2.05) is 23.1 Å². The number of carbonyl (C=O) groups excluding carboxylic acids is 1. The summed E-state index contributed by atoms with van der Waals surface area (Å²) in [6.45, 7) is 1.75. The van der Waals surface area contributed by atoms with Crippen molar-refractivity contribution >= 4 is 21.8 Å². The van der Waals surface area contributed by atoms with E-state index in [9.17, 15) is 4.79 Å². The molecule has 1 amide bonds. The lowest BCUT2D eigenvalue weighted by molar-refractivity contribution is -0.133. The zero-order valence-corrected chi connectivity index (χ0v) is 11.5. The lowest BCUT2D eigenvalue weighted by Gasteiger charge is -2.29. The number of carbonyl (C=O) groups is 1. The molecule has 96 valence electrons. The Labute approximate surface area is 114 Å². The van der Waals surface area contributed by atoms with E-state index in [1.165, 1.54) is 0 Å². The minimum Gasteiger partial charge on any atom is -0.454 e. The van der Waals surface area contributed by atoms with Crippen molar-refractivity contribution in [2.24, 2.45) is 0 Å². The van der Waals surface area contributed by atoms with Gasteiger partial charge in [-0.2, -0.15) is 0 Å². The normalized spacial score (nSPS) is 22.4. The molecule has 1 aromatic rings. The Morgan fingerprint density at radius 3 is 3.06 bits per heavy atom. The monoisotopic (exact) mass is 311 g/mol. The summed E-state index contributed by atoms with van der Waals surface area (Å²) in [5, 5.41) is 0. The average Bonchev–Trinajstić information content (AvgIpc) is 2.82. The summed E-state index contributed by atoms with van der Waals surface area (Å²) in [7, 11) is 0. The van der Waals surface area contributed by atoms with Crippen LogP contribution in [0.2, 0.25) is 0 Å². The third-order valence-electron chi connectivity index (χ3n) is 3.28. The Balaban J connectivity index is 1.74.